The molecule has 0 rings (SSSR count). The topological polar surface area (TPSA) is 61.8 Å². The van der Waals surface area contributed by atoms with Gasteiger partial charge in [0, 0.05) is 6.61 Å². The first-order valence-corrected chi connectivity index (χ1v) is 6.80. The monoisotopic (exact) mass is 274 g/mol. The third-order valence-electron chi connectivity index (χ3n) is 2.12. The van der Waals surface area contributed by atoms with Crippen molar-refractivity contribution in [3.8, 4) is 0 Å². The zero-order valence-electron chi connectivity index (χ0n) is 12.6. The lowest BCUT2D eigenvalue weighted by molar-refractivity contribution is -0.164. The van der Waals surface area contributed by atoms with E-state index < -0.39 is 18.0 Å². The third kappa shape index (κ3) is 9.47. The maximum atomic E-state index is 11.8. The lowest BCUT2D eigenvalue weighted by Gasteiger charge is -2.16. The molecular weight excluding hydrogens is 248 g/mol. The van der Waals surface area contributed by atoms with Crippen LogP contribution in [0.2, 0.25) is 0 Å². The second-order valence-electron chi connectivity index (χ2n) is 5.25. The van der Waals surface area contributed by atoms with Crippen molar-refractivity contribution in [3.05, 3.63) is 0 Å². The molecule has 0 fully saturated rings. The molecule has 1 unspecified atom stereocenters. The van der Waals surface area contributed by atoms with Crippen molar-refractivity contribution >= 4 is 11.9 Å². The van der Waals surface area contributed by atoms with Crippen LogP contribution in [0.25, 0.3) is 0 Å². The van der Waals surface area contributed by atoms with Crippen LogP contribution >= 0.6 is 0 Å². The highest BCUT2D eigenvalue weighted by Gasteiger charge is 2.25. The molecule has 0 saturated heterocycles. The van der Waals surface area contributed by atoms with Gasteiger partial charge in [0.2, 0.25) is 0 Å². The number of rotatable bonds is 9. The predicted molar refractivity (Wildman–Crippen MR) is 71.6 cm³/mol. The summed E-state index contributed by atoms with van der Waals surface area (Å²) in [5.41, 5.74) is 0. The van der Waals surface area contributed by atoms with Crippen molar-refractivity contribution in [2.24, 2.45) is 11.8 Å². The molecule has 0 aromatic heterocycles. The molecule has 1 atom stereocenters. The molecule has 0 heterocycles. The van der Waals surface area contributed by atoms with E-state index in [2.05, 4.69) is 0 Å². The van der Waals surface area contributed by atoms with Gasteiger partial charge in [-0.05, 0) is 18.8 Å². The average Bonchev–Trinajstić information content (AvgIpc) is 2.32. The van der Waals surface area contributed by atoms with Gasteiger partial charge in [0.05, 0.1) is 19.6 Å². The van der Waals surface area contributed by atoms with Gasteiger partial charge in [-0.15, -0.1) is 0 Å². The Kier molecular flexibility index (Phi) is 9.21. The lowest BCUT2D eigenvalue weighted by Crippen LogP contribution is -2.31. The number of ether oxygens (including phenoxy) is 3. The fourth-order valence-electron chi connectivity index (χ4n) is 1.22. The smallest absolute Gasteiger partial charge is 0.335 e. The Morgan fingerprint density at radius 2 is 1.47 bits per heavy atom. The SMILES string of the molecule is CCOC(CC(=O)OCC(C)C)C(=O)OCC(C)C. The molecule has 0 aliphatic rings. The van der Waals surface area contributed by atoms with Gasteiger partial charge in [-0.25, -0.2) is 4.79 Å². The van der Waals surface area contributed by atoms with E-state index in [0.29, 0.717) is 19.8 Å². The van der Waals surface area contributed by atoms with E-state index >= 15 is 0 Å². The summed E-state index contributed by atoms with van der Waals surface area (Å²) in [6, 6.07) is 0. The highest BCUT2D eigenvalue weighted by molar-refractivity contribution is 5.81. The number of esters is 2. The van der Waals surface area contributed by atoms with Crippen LogP contribution in [-0.4, -0.2) is 37.9 Å². The largest absolute Gasteiger partial charge is 0.465 e. The van der Waals surface area contributed by atoms with Crippen molar-refractivity contribution < 1.29 is 23.8 Å². The molecule has 19 heavy (non-hydrogen) atoms. The summed E-state index contributed by atoms with van der Waals surface area (Å²) in [5, 5.41) is 0. The van der Waals surface area contributed by atoms with Crippen LogP contribution in [0.3, 0.4) is 0 Å². The molecule has 0 amide bonds. The van der Waals surface area contributed by atoms with Gasteiger partial charge in [0.25, 0.3) is 0 Å². The van der Waals surface area contributed by atoms with Crippen LogP contribution < -0.4 is 0 Å². The molecule has 0 aliphatic heterocycles. The summed E-state index contributed by atoms with van der Waals surface area (Å²) in [6.45, 7) is 10.6. The van der Waals surface area contributed by atoms with Gasteiger partial charge in [-0.2, -0.15) is 0 Å². The molecule has 0 radical (unpaired) electrons. The number of carbonyl (C=O) groups is 2. The molecule has 0 aromatic rings. The Bertz CT molecular complexity index is 273. The van der Waals surface area contributed by atoms with E-state index in [1.54, 1.807) is 6.92 Å². The minimum atomic E-state index is -0.872. The second kappa shape index (κ2) is 9.78. The zero-order valence-corrected chi connectivity index (χ0v) is 12.6. The summed E-state index contributed by atoms with van der Waals surface area (Å²) in [7, 11) is 0. The molecule has 0 aromatic carbocycles. The molecule has 112 valence electrons. The number of hydrogen-bond acceptors (Lipinski definition) is 5. The average molecular weight is 274 g/mol. The van der Waals surface area contributed by atoms with Crippen LogP contribution in [0.1, 0.15) is 41.0 Å². The number of carbonyl (C=O) groups excluding carboxylic acids is 2. The molecule has 0 aliphatic carbocycles. The van der Waals surface area contributed by atoms with E-state index in [0.717, 1.165) is 0 Å². The van der Waals surface area contributed by atoms with E-state index in [1.165, 1.54) is 0 Å². The van der Waals surface area contributed by atoms with Crippen molar-refractivity contribution in [3.63, 3.8) is 0 Å². The van der Waals surface area contributed by atoms with E-state index in [9.17, 15) is 9.59 Å². The molecule has 0 saturated carbocycles. The molecule has 0 bridgehead atoms. The summed E-state index contributed by atoms with van der Waals surface area (Å²) in [4.78, 5) is 23.3. The van der Waals surface area contributed by atoms with Crippen LogP contribution in [-0.2, 0) is 23.8 Å². The van der Waals surface area contributed by atoms with Crippen molar-refractivity contribution in [1.29, 1.82) is 0 Å². The first kappa shape index (κ1) is 17.9. The lowest BCUT2D eigenvalue weighted by atomic mass is 10.2. The minimum absolute atomic E-state index is 0.0997. The van der Waals surface area contributed by atoms with Crippen molar-refractivity contribution in [2.75, 3.05) is 19.8 Å². The standard InChI is InChI=1S/C14H26O5/c1-6-17-12(14(16)19-9-11(4)5)7-13(15)18-8-10(2)3/h10-12H,6-9H2,1-5H3. The Morgan fingerprint density at radius 3 is 1.95 bits per heavy atom. The maximum absolute atomic E-state index is 11.8. The Morgan fingerprint density at radius 1 is 0.947 bits per heavy atom. The van der Waals surface area contributed by atoms with E-state index in [4.69, 9.17) is 14.2 Å². The van der Waals surface area contributed by atoms with Crippen LogP contribution in [0.15, 0.2) is 0 Å². The molecule has 5 nitrogen and oxygen atoms in total. The van der Waals surface area contributed by atoms with Gasteiger partial charge in [-0.1, -0.05) is 27.7 Å². The summed E-state index contributed by atoms with van der Waals surface area (Å²) >= 11 is 0. The normalized spacial score (nSPS) is 12.6. The molecule has 0 spiro atoms. The van der Waals surface area contributed by atoms with Crippen LogP contribution in [0.4, 0.5) is 0 Å². The molecule has 5 heteroatoms. The third-order valence-corrected chi connectivity index (χ3v) is 2.12. The Labute approximate surface area is 115 Å². The minimum Gasteiger partial charge on any atom is -0.465 e. The zero-order chi connectivity index (χ0) is 14.8. The molecular formula is C14H26O5. The Hall–Kier alpha value is -1.10. The van der Waals surface area contributed by atoms with Gasteiger partial charge < -0.3 is 14.2 Å². The summed E-state index contributed by atoms with van der Waals surface area (Å²) in [6.07, 6.45) is -0.972. The quantitative estimate of drug-likeness (QED) is 0.603. The van der Waals surface area contributed by atoms with Gasteiger partial charge in [0.15, 0.2) is 6.10 Å². The highest BCUT2D eigenvalue weighted by Crippen LogP contribution is 2.06. The fourth-order valence-corrected chi connectivity index (χ4v) is 1.22. The van der Waals surface area contributed by atoms with E-state index in [1.807, 2.05) is 27.7 Å². The van der Waals surface area contributed by atoms with Gasteiger partial charge in [-0.3, -0.25) is 4.79 Å². The van der Waals surface area contributed by atoms with Crippen molar-refractivity contribution in [2.45, 2.75) is 47.1 Å². The number of hydrogen-bond donors (Lipinski definition) is 0. The van der Waals surface area contributed by atoms with Crippen LogP contribution in [0, 0.1) is 11.8 Å². The predicted octanol–water partition coefficient (Wildman–Crippen LogP) is 2.18. The molecule has 0 N–H and O–H groups in total. The Balaban J connectivity index is 4.23. The first-order chi connectivity index (χ1) is 8.86. The maximum Gasteiger partial charge on any atom is 0.335 e. The van der Waals surface area contributed by atoms with E-state index in [-0.39, 0.29) is 18.3 Å². The van der Waals surface area contributed by atoms with Gasteiger partial charge in [0.1, 0.15) is 0 Å². The first-order valence-electron chi connectivity index (χ1n) is 6.80. The van der Waals surface area contributed by atoms with Crippen LogP contribution in [0.5, 0.6) is 0 Å². The summed E-state index contributed by atoms with van der Waals surface area (Å²) in [5.74, 6) is -0.424. The fraction of sp³-hybridized carbons (Fsp3) is 0.857. The van der Waals surface area contributed by atoms with Gasteiger partial charge >= 0.3 is 11.9 Å². The second-order valence-corrected chi connectivity index (χ2v) is 5.25. The van der Waals surface area contributed by atoms with Crippen molar-refractivity contribution in [1.82, 2.24) is 0 Å². The highest BCUT2D eigenvalue weighted by atomic mass is 16.6. The summed E-state index contributed by atoms with van der Waals surface area (Å²) < 4.78 is 15.3.